The quantitative estimate of drug-likeness (QED) is 0.547. The summed E-state index contributed by atoms with van der Waals surface area (Å²) in [5.74, 6) is 6.27. The van der Waals surface area contributed by atoms with Crippen LogP contribution in [-0.4, -0.2) is 0 Å². The number of rotatable bonds is 2. The van der Waals surface area contributed by atoms with Crippen LogP contribution in [0.3, 0.4) is 0 Å². The lowest BCUT2D eigenvalue weighted by molar-refractivity contribution is 1.86. The summed E-state index contributed by atoms with van der Waals surface area (Å²) in [6.07, 6.45) is 0. The second kappa shape index (κ2) is 4.02. The van der Waals surface area contributed by atoms with E-state index >= 15 is 0 Å². The number of thiophene rings is 2. The predicted molar refractivity (Wildman–Crippen MR) is 70.3 cm³/mol. The van der Waals surface area contributed by atoms with E-state index in [1.807, 2.05) is 22.9 Å². The fraction of sp³-hybridized carbons (Fsp3) is 0. The third-order valence-electron chi connectivity index (χ3n) is 2.16. The maximum atomic E-state index is 3.13. The van der Waals surface area contributed by atoms with Gasteiger partial charge < -0.3 is 0 Å². The molecule has 0 unspecified atom stereocenters. The van der Waals surface area contributed by atoms with Gasteiger partial charge in [-0.15, -0.1) is 22.7 Å². The third kappa shape index (κ3) is 1.70. The number of hydrogen-bond acceptors (Lipinski definition) is 2. The van der Waals surface area contributed by atoms with E-state index in [9.17, 15) is 0 Å². The molecule has 0 bridgehead atoms. The van der Waals surface area contributed by atoms with Crippen molar-refractivity contribution in [3.05, 3.63) is 56.2 Å². The summed E-state index contributed by atoms with van der Waals surface area (Å²) in [7, 11) is 0. The van der Waals surface area contributed by atoms with Gasteiger partial charge in [0.1, 0.15) is 0 Å². The monoisotopic (exact) mass is 238 g/mol. The fourth-order valence-electron chi connectivity index (χ4n) is 1.40. The van der Waals surface area contributed by atoms with Crippen LogP contribution in [0.4, 0.5) is 0 Å². The molecule has 0 saturated heterocycles. The van der Waals surface area contributed by atoms with Crippen LogP contribution >= 0.6 is 22.7 Å². The van der Waals surface area contributed by atoms with Crippen LogP contribution in [0.1, 0.15) is 9.75 Å². The van der Waals surface area contributed by atoms with Gasteiger partial charge in [-0.1, -0.05) is 35.4 Å². The highest BCUT2D eigenvalue weighted by Crippen LogP contribution is 2.23. The van der Waals surface area contributed by atoms with Gasteiger partial charge in [0.25, 0.3) is 0 Å². The maximum Gasteiger partial charge on any atom is 0.0923 e. The van der Waals surface area contributed by atoms with Gasteiger partial charge in [-0.3, -0.25) is 0 Å². The lowest BCUT2D eigenvalue weighted by Gasteiger charge is -1.94. The molecule has 0 N–H and O–H groups in total. The van der Waals surface area contributed by atoms with Gasteiger partial charge in [0.2, 0.25) is 0 Å². The van der Waals surface area contributed by atoms with Crippen LogP contribution < -0.4 is 0 Å². The average molecular weight is 238 g/mol. The summed E-state index contributed by atoms with van der Waals surface area (Å²) in [5, 5.41) is 4.09. The Morgan fingerprint density at radius 2 is 1.25 bits per heavy atom. The molecule has 0 aliphatic heterocycles. The molecule has 16 heavy (non-hydrogen) atoms. The second-order valence-electron chi connectivity index (χ2n) is 3.20. The van der Waals surface area contributed by atoms with Gasteiger partial charge in [0.05, 0.1) is 20.9 Å². The van der Waals surface area contributed by atoms with Gasteiger partial charge in [-0.05, 0) is 22.9 Å². The van der Waals surface area contributed by atoms with Crippen LogP contribution in [0.2, 0.25) is 0 Å². The smallest absolute Gasteiger partial charge is 0.0923 e. The van der Waals surface area contributed by atoms with Crippen molar-refractivity contribution in [2.75, 3.05) is 0 Å². The minimum absolute atomic E-state index is 0.940. The SMILES string of the molecule is C1=C=C(c2cccs2)C#CC=1c1cccs1. The molecule has 0 spiro atoms. The fourth-order valence-corrected chi connectivity index (χ4v) is 2.76. The van der Waals surface area contributed by atoms with Crippen LogP contribution in [0, 0.1) is 11.8 Å². The largest absolute Gasteiger partial charge is 0.142 e. The van der Waals surface area contributed by atoms with Crippen LogP contribution in [-0.2, 0) is 0 Å². The normalized spacial score (nSPS) is 12.8. The molecule has 0 saturated carbocycles. The zero-order valence-corrected chi connectivity index (χ0v) is 9.91. The van der Waals surface area contributed by atoms with E-state index in [4.69, 9.17) is 0 Å². The van der Waals surface area contributed by atoms with Gasteiger partial charge >= 0.3 is 0 Å². The van der Waals surface area contributed by atoms with Crippen molar-refractivity contribution < 1.29 is 0 Å². The van der Waals surface area contributed by atoms with Crippen LogP contribution in [0.5, 0.6) is 0 Å². The highest BCUT2D eigenvalue weighted by molar-refractivity contribution is 7.11. The van der Waals surface area contributed by atoms with E-state index in [1.54, 1.807) is 22.7 Å². The molecule has 1 aliphatic rings. The minimum atomic E-state index is 0.940. The van der Waals surface area contributed by atoms with Crippen molar-refractivity contribution in [3.8, 4) is 11.8 Å². The van der Waals surface area contributed by atoms with E-state index in [1.165, 1.54) is 0 Å². The lowest BCUT2D eigenvalue weighted by Crippen LogP contribution is -1.78. The first-order valence-corrected chi connectivity index (χ1v) is 6.55. The van der Waals surface area contributed by atoms with Crippen molar-refractivity contribution in [2.45, 2.75) is 0 Å². The molecule has 0 radical (unpaired) electrons. The molecule has 0 atom stereocenters. The molecule has 0 fully saturated rings. The summed E-state index contributed by atoms with van der Waals surface area (Å²) in [6, 6.07) is 8.16. The molecule has 74 valence electrons. The Morgan fingerprint density at radius 3 is 1.56 bits per heavy atom. The summed E-state index contributed by atoms with van der Waals surface area (Å²) in [6.45, 7) is 0. The first-order valence-electron chi connectivity index (χ1n) is 4.79. The molecule has 0 amide bonds. The molecule has 2 heteroatoms. The first-order chi connectivity index (χ1) is 7.93. The van der Waals surface area contributed by atoms with E-state index in [2.05, 4.69) is 35.4 Å². The zero-order valence-electron chi connectivity index (χ0n) is 8.28. The Labute approximate surface area is 102 Å². The van der Waals surface area contributed by atoms with Crippen molar-refractivity contribution in [2.24, 2.45) is 0 Å². The highest BCUT2D eigenvalue weighted by Gasteiger charge is 2.03. The second-order valence-corrected chi connectivity index (χ2v) is 5.10. The Kier molecular flexibility index (Phi) is 2.38. The van der Waals surface area contributed by atoms with E-state index < -0.39 is 0 Å². The molecule has 0 nitrogen and oxygen atoms in total. The number of allylic oxidation sites excluding steroid dienone is 2. The van der Waals surface area contributed by atoms with Crippen molar-refractivity contribution in [3.63, 3.8) is 0 Å². The van der Waals surface area contributed by atoms with Crippen molar-refractivity contribution >= 4 is 33.8 Å². The molecule has 2 heterocycles. The molecule has 2 aromatic heterocycles. The molecule has 1 aliphatic carbocycles. The van der Waals surface area contributed by atoms with E-state index in [-0.39, 0.29) is 0 Å². The average Bonchev–Trinajstić information content (AvgIpc) is 3.03. The van der Waals surface area contributed by atoms with E-state index in [0.29, 0.717) is 0 Å². The molecule has 0 aromatic carbocycles. The van der Waals surface area contributed by atoms with Crippen LogP contribution in [0.25, 0.3) is 11.1 Å². The predicted octanol–water partition coefficient (Wildman–Crippen LogP) is 4.05. The standard InChI is InChI=1S/C14H6S2/c1-3-13(15-9-1)11-5-7-12(8-6-11)14-4-2-10-16-14/h1-4,9-10H. The summed E-state index contributed by atoms with van der Waals surface area (Å²) in [5.41, 5.74) is 8.15. The Hall–Kier alpha value is -1.74. The van der Waals surface area contributed by atoms with Crippen molar-refractivity contribution in [1.82, 2.24) is 0 Å². The minimum Gasteiger partial charge on any atom is -0.142 e. The number of hydrogen-bond donors (Lipinski definition) is 0. The Morgan fingerprint density at radius 1 is 0.750 bits per heavy atom. The van der Waals surface area contributed by atoms with Gasteiger partial charge in [0, 0.05) is 0 Å². The molecular formula is C14H6S2. The van der Waals surface area contributed by atoms with Crippen molar-refractivity contribution in [1.29, 1.82) is 0 Å². The summed E-state index contributed by atoms with van der Waals surface area (Å²) >= 11 is 3.36. The Bertz CT molecular complexity index is 603. The molecule has 2 aromatic rings. The molecular weight excluding hydrogens is 232 g/mol. The Balaban J connectivity index is 2.10. The van der Waals surface area contributed by atoms with Gasteiger partial charge in [0.15, 0.2) is 0 Å². The summed E-state index contributed by atoms with van der Waals surface area (Å²) < 4.78 is 0. The van der Waals surface area contributed by atoms with Gasteiger partial charge in [-0.2, -0.15) is 0 Å². The molecule has 3 rings (SSSR count). The first kappa shape index (κ1) is 9.48. The maximum absolute atomic E-state index is 3.13. The van der Waals surface area contributed by atoms with Gasteiger partial charge in [-0.25, -0.2) is 0 Å². The lowest BCUT2D eigenvalue weighted by atomic mass is 10.1. The highest BCUT2D eigenvalue weighted by atomic mass is 32.1. The van der Waals surface area contributed by atoms with Crippen LogP contribution in [0.15, 0.2) is 46.5 Å². The summed E-state index contributed by atoms with van der Waals surface area (Å²) in [4.78, 5) is 2.32. The van der Waals surface area contributed by atoms with E-state index in [0.717, 1.165) is 20.9 Å². The zero-order chi connectivity index (χ0) is 10.8. The topological polar surface area (TPSA) is 0 Å². The third-order valence-corrected chi connectivity index (χ3v) is 3.93.